The number of aromatic carboxylic acids is 1. The summed E-state index contributed by atoms with van der Waals surface area (Å²) in [5, 5.41) is 12.7. The van der Waals surface area contributed by atoms with Crippen molar-refractivity contribution in [2.24, 2.45) is 17.3 Å². The zero-order chi connectivity index (χ0) is 25.8. The molecule has 2 amide bonds. The Kier molecular flexibility index (Phi) is 6.31. The van der Waals surface area contributed by atoms with Crippen molar-refractivity contribution in [1.82, 2.24) is 10.2 Å². The summed E-state index contributed by atoms with van der Waals surface area (Å²) in [6.45, 7) is 7.25. The number of hydrogen-bond donors (Lipinski definition) is 2. The van der Waals surface area contributed by atoms with Gasteiger partial charge in [-0.1, -0.05) is 26.0 Å². The van der Waals surface area contributed by atoms with Crippen LogP contribution in [0.25, 0.3) is 0 Å². The molecule has 36 heavy (non-hydrogen) atoms. The number of ether oxygens (including phenoxy) is 1. The largest absolute Gasteiger partial charge is 0.496 e. The van der Waals surface area contributed by atoms with Crippen molar-refractivity contribution in [1.29, 1.82) is 0 Å². The first-order valence-electron chi connectivity index (χ1n) is 12.8. The van der Waals surface area contributed by atoms with Crippen LogP contribution in [0.3, 0.4) is 0 Å². The van der Waals surface area contributed by atoms with Crippen LogP contribution in [-0.4, -0.2) is 72.8 Å². The van der Waals surface area contributed by atoms with Crippen LogP contribution in [-0.2, 0) is 25.3 Å². The van der Waals surface area contributed by atoms with Gasteiger partial charge < -0.3 is 29.4 Å². The van der Waals surface area contributed by atoms with Crippen molar-refractivity contribution < 1.29 is 33.5 Å². The molecule has 194 valence electrons. The molecular weight excluding hydrogens is 463 g/mol. The average Bonchev–Trinajstić information content (AvgIpc) is 3.39. The lowest BCUT2D eigenvalue weighted by atomic mass is 9.43. The number of benzene rings is 1. The van der Waals surface area contributed by atoms with E-state index >= 15 is 0 Å². The molecule has 1 aromatic rings. The predicted molar refractivity (Wildman–Crippen MR) is 132 cm³/mol. The van der Waals surface area contributed by atoms with E-state index in [1.807, 2.05) is 0 Å². The number of carboxylic acid groups (broad SMARTS) is 1. The first-order chi connectivity index (χ1) is 17.0. The van der Waals surface area contributed by atoms with E-state index in [2.05, 4.69) is 26.1 Å². The van der Waals surface area contributed by atoms with Crippen LogP contribution in [0, 0.1) is 17.3 Å². The molecule has 2 N–H and O–H groups in total. The lowest BCUT2D eigenvalue weighted by molar-refractivity contribution is -0.199. The van der Waals surface area contributed by atoms with Gasteiger partial charge in [0.1, 0.15) is 11.3 Å². The van der Waals surface area contributed by atoms with E-state index in [1.165, 1.54) is 13.2 Å². The monoisotopic (exact) mass is 498 g/mol. The third-order valence-corrected chi connectivity index (χ3v) is 9.12. The molecule has 0 radical (unpaired) electrons. The number of methoxy groups -OCH3 is 1. The molecule has 2 saturated heterocycles. The Hall–Kier alpha value is -2.59. The predicted octanol–water partition coefficient (Wildman–Crippen LogP) is 2.31. The highest BCUT2D eigenvalue weighted by atomic mass is 16.7. The Morgan fingerprint density at radius 2 is 2.08 bits per heavy atom. The zero-order valence-electron chi connectivity index (χ0n) is 21.4. The normalized spacial score (nSPS) is 31.0. The van der Waals surface area contributed by atoms with E-state index in [1.54, 1.807) is 17.0 Å². The van der Waals surface area contributed by atoms with Crippen LogP contribution in [0.15, 0.2) is 18.2 Å². The second kappa shape index (κ2) is 9.06. The number of amides is 2. The third-order valence-electron chi connectivity index (χ3n) is 9.12. The van der Waals surface area contributed by atoms with Crippen LogP contribution >= 0.6 is 0 Å². The maximum atomic E-state index is 13.1. The van der Waals surface area contributed by atoms with Gasteiger partial charge in [0.2, 0.25) is 11.8 Å². The highest BCUT2D eigenvalue weighted by Crippen LogP contribution is 2.65. The van der Waals surface area contributed by atoms with Crippen molar-refractivity contribution in [3.63, 3.8) is 0 Å². The standard InChI is InChI=1S/C26H35BN2O7/c1-25(2)16-12-18(25)26(3)19(13-16)35-27(36-26)20(28-21(30)14-29-10-6-9-22(29)31)11-15-7-5-8-17(24(32)33)23(15)34-4/h5,7-8,16,18-20H,6,9-14H2,1-4H3,(H,28,30)(H,32,33). The van der Waals surface area contributed by atoms with Gasteiger partial charge >= 0.3 is 13.1 Å². The quantitative estimate of drug-likeness (QED) is 0.529. The fourth-order valence-electron chi connectivity index (χ4n) is 6.98. The summed E-state index contributed by atoms with van der Waals surface area (Å²) in [6, 6.07) is 4.95. The van der Waals surface area contributed by atoms with Gasteiger partial charge in [-0.15, -0.1) is 0 Å². The molecule has 2 aliphatic heterocycles. The lowest BCUT2D eigenvalue weighted by Crippen LogP contribution is -2.65. The van der Waals surface area contributed by atoms with Crippen LogP contribution in [0.4, 0.5) is 0 Å². The Morgan fingerprint density at radius 1 is 1.31 bits per heavy atom. The van der Waals surface area contributed by atoms with Gasteiger partial charge in [-0.25, -0.2) is 4.79 Å². The second-order valence-electron chi connectivity index (χ2n) is 11.4. The van der Waals surface area contributed by atoms with Crippen molar-refractivity contribution in [2.45, 2.75) is 70.5 Å². The van der Waals surface area contributed by atoms with Gasteiger partial charge in [0.25, 0.3) is 0 Å². The lowest BCUT2D eigenvalue weighted by Gasteiger charge is -2.64. The number of hydrogen-bond acceptors (Lipinski definition) is 6. The molecule has 3 saturated carbocycles. The Labute approximate surface area is 212 Å². The number of rotatable bonds is 8. The molecule has 5 aliphatic rings. The summed E-state index contributed by atoms with van der Waals surface area (Å²) in [4.78, 5) is 38.4. The summed E-state index contributed by atoms with van der Waals surface area (Å²) < 4.78 is 18.6. The summed E-state index contributed by atoms with van der Waals surface area (Å²) in [7, 11) is 0.734. The van der Waals surface area contributed by atoms with Gasteiger partial charge in [-0.2, -0.15) is 0 Å². The van der Waals surface area contributed by atoms with Crippen LogP contribution in [0.2, 0.25) is 0 Å². The maximum absolute atomic E-state index is 13.1. The number of carboxylic acids is 1. The van der Waals surface area contributed by atoms with E-state index in [4.69, 9.17) is 14.0 Å². The van der Waals surface area contributed by atoms with Crippen molar-refractivity contribution in [2.75, 3.05) is 20.2 Å². The smallest absolute Gasteiger partial charge is 0.482 e. The van der Waals surface area contributed by atoms with E-state index in [9.17, 15) is 19.5 Å². The van der Waals surface area contributed by atoms with Crippen LogP contribution in [0.1, 0.15) is 62.4 Å². The molecule has 3 aliphatic carbocycles. The molecular formula is C26H35BN2O7. The third kappa shape index (κ3) is 4.08. The number of carbonyl (C=O) groups is 3. The first kappa shape index (κ1) is 25.1. The number of nitrogens with one attached hydrogen (secondary N) is 1. The van der Waals surface area contributed by atoms with E-state index in [0.29, 0.717) is 30.4 Å². The van der Waals surface area contributed by atoms with E-state index < -0.39 is 24.6 Å². The van der Waals surface area contributed by atoms with Crippen molar-refractivity contribution in [3.8, 4) is 5.75 Å². The topological polar surface area (TPSA) is 114 Å². The summed E-state index contributed by atoms with van der Waals surface area (Å²) in [6.07, 6.45) is 3.43. The molecule has 0 spiro atoms. The van der Waals surface area contributed by atoms with Crippen LogP contribution < -0.4 is 10.1 Å². The highest BCUT2D eigenvalue weighted by Gasteiger charge is 2.68. The van der Waals surface area contributed by atoms with Gasteiger partial charge in [0.15, 0.2) is 0 Å². The molecule has 5 unspecified atom stereocenters. The number of likely N-dealkylation sites (tertiary alicyclic amines) is 1. The number of carbonyl (C=O) groups excluding carboxylic acids is 2. The molecule has 5 atom stereocenters. The van der Waals surface area contributed by atoms with Crippen molar-refractivity contribution in [3.05, 3.63) is 29.3 Å². The number of nitrogens with zero attached hydrogens (tertiary/aromatic N) is 1. The summed E-state index contributed by atoms with van der Waals surface area (Å²) >= 11 is 0. The molecule has 1 aromatic carbocycles. The summed E-state index contributed by atoms with van der Waals surface area (Å²) in [5.74, 6) is -0.783. The molecule has 10 heteroatoms. The van der Waals surface area contributed by atoms with Gasteiger partial charge in [0.05, 0.1) is 31.3 Å². The molecule has 6 rings (SSSR count). The first-order valence-corrected chi connectivity index (χ1v) is 12.8. The van der Waals surface area contributed by atoms with Gasteiger partial charge in [-0.3, -0.25) is 9.59 Å². The second-order valence-corrected chi connectivity index (χ2v) is 11.4. The fourth-order valence-corrected chi connectivity index (χ4v) is 6.98. The fraction of sp³-hybridized carbons (Fsp3) is 0.654. The average molecular weight is 498 g/mol. The Balaban J connectivity index is 1.40. The summed E-state index contributed by atoms with van der Waals surface area (Å²) in [5.41, 5.74) is 0.414. The zero-order valence-corrected chi connectivity index (χ0v) is 21.4. The molecule has 2 bridgehead atoms. The minimum absolute atomic E-state index is 0.0211. The molecule has 0 aromatic heterocycles. The number of para-hydroxylation sites is 1. The van der Waals surface area contributed by atoms with Crippen molar-refractivity contribution >= 4 is 24.9 Å². The molecule has 9 nitrogen and oxygen atoms in total. The van der Waals surface area contributed by atoms with E-state index in [0.717, 1.165) is 19.3 Å². The highest BCUT2D eigenvalue weighted by molar-refractivity contribution is 6.48. The molecule has 5 fully saturated rings. The Bertz CT molecular complexity index is 1080. The maximum Gasteiger partial charge on any atom is 0.482 e. The minimum Gasteiger partial charge on any atom is -0.496 e. The van der Waals surface area contributed by atoms with Gasteiger partial charge in [-0.05, 0) is 61.5 Å². The van der Waals surface area contributed by atoms with Crippen LogP contribution in [0.5, 0.6) is 5.75 Å². The molecule has 2 heterocycles. The van der Waals surface area contributed by atoms with Gasteiger partial charge in [0, 0.05) is 13.0 Å². The Morgan fingerprint density at radius 3 is 2.72 bits per heavy atom. The SMILES string of the molecule is COc1c(CC(NC(=O)CN2CCCC2=O)B2OC3CC4CC(C4(C)C)C3(C)O2)cccc1C(=O)O. The minimum atomic E-state index is -1.09. The van der Waals surface area contributed by atoms with E-state index in [-0.39, 0.29) is 47.6 Å².